The summed E-state index contributed by atoms with van der Waals surface area (Å²) in [4.78, 5) is 25.5. The molecule has 9 heteroatoms. The van der Waals surface area contributed by atoms with E-state index in [1.807, 2.05) is 66.7 Å². The number of aldehydes is 1. The lowest BCUT2D eigenvalue weighted by Gasteiger charge is -2.35. The van der Waals surface area contributed by atoms with E-state index in [0.29, 0.717) is 44.6 Å². The highest BCUT2D eigenvalue weighted by molar-refractivity contribution is 7.87. The molecule has 3 aromatic rings. The van der Waals surface area contributed by atoms with Crippen molar-refractivity contribution in [1.29, 1.82) is 0 Å². The third-order valence-corrected chi connectivity index (χ3v) is 7.84. The van der Waals surface area contributed by atoms with Crippen LogP contribution in [0.4, 0.5) is 5.69 Å². The number of hydrogen-bond donors (Lipinski definition) is 2. The summed E-state index contributed by atoms with van der Waals surface area (Å²) in [6.07, 6.45) is 0.568. The summed E-state index contributed by atoms with van der Waals surface area (Å²) in [5.41, 5.74) is 4.16. The molecule has 0 saturated carbocycles. The van der Waals surface area contributed by atoms with E-state index >= 15 is 0 Å². The number of anilines is 1. The Labute approximate surface area is 223 Å². The molecule has 1 fully saturated rings. The Hall–Kier alpha value is -3.97. The molecule has 1 atom stereocenters. The molecule has 1 aliphatic heterocycles. The maximum atomic E-state index is 12.6. The van der Waals surface area contributed by atoms with Crippen molar-refractivity contribution in [3.05, 3.63) is 101 Å². The lowest BCUT2D eigenvalue weighted by molar-refractivity contribution is -0.108. The highest BCUT2D eigenvalue weighted by Gasteiger charge is 2.28. The van der Waals surface area contributed by atoms with Crippen LogP contribution in [0, 0.1) is 11.8 Å². The fourth-order valence-corrected chi connectivity index (χ4v) is 5.36. The predicted molar refractivity (Wildman–Crippen MR) is 148 cm³/mol. The van der Waals surface area contributed by atoms with Gasteiger partial charge < -0.3 is 15.0 Å². The predicted octanol–water partition coefficient (Wildman–Crippen LogP) is 2.56. The molecule has 3 aromatic carbocycles. The van der Waals surface area contributed by atoms with E-state index in [2.05, 4.69) is 26.8 Å². The van der Waals surface area contributed by atoms with Crippen molar-refractivity contribution in [3.63, 3.8) is 0 Å². The van der Waals surface area contributed by atoms with Crippen LogP contribution in [-0.4, -0.2) is 57.1 Å². The molecule has 196 valence electrons. The molecule has 1 heterocycles. The Morgan fingerprint density at radius 1 is 0.921 bits per heavy atom. The molecule has 38 heavy (non-hydrogen) atoms. The zero-order chi connectivity index (χ0) is 27.0. The Morgan fingerprint density at radius 2 is 1.61 bits per heavy atom. The van der Waals surface area contributed by atoms with Crippen molar-refractivity contribution in [1.82, 2.24) is 14.3 Å². The second-order valence-corrected chi connectivity index (χ2v) is 10.7. The molecule has 0 spiro atoms. The van der Waals surface area contributed by atoms with Crippen molar-refractivity contribution in [2.75, 3.05) is 31.1 Å². The highest BCUT2D eigenvalue weighted by Crippen LogP contribution is 2.18. The van der Waals surface area contributed by atoms with Crippen LogP contribution in [0.2, 0.25) is 0 Å². The number of benzene rings is 3. The first kappa shape index (κ1) is 27.1. The van der Waals surface area contributed by atoms with Gasteiger partial charge in [-0.3, -0.25) is 4.79 Å². The molecular formula is C29H30N4O4S. The average Bonchev–Trinajstić information content (AvgIpc) is 2.95. The van der Waals surface area contributed by atoms with E-state index < -0.39 is 16.3 Å². The summed E-state index contributed by atoms with van der Waals surface area (Å²) in [5.74, 6) is 6.11. The number of carbonyl (C=O) groups is 2. The van der Waals surface area contributed by atoms with Gasteiger partial charge in [0.2, 0.25) is 0 Å². The van der Waals surface area contributed by atoms with E-state index in [9.17, 15) is 18.0 Å². The van der Waals surface area contributed by atoms with Gasteiger partial charge in [-0.15, -0.1) is 0 Å². The molecule has 0 unspecified atom stereocenters. The van der Waals surface area contributed by atoms with E-state index in [-0.39, 0.29) is 5.91 Å². The van der Waals surface area contributed by atoms with Crippen LogP contribution in [0.25, 0.3) is 0 Å². The van der Waals surface area contributed by atoms with Crippen LogP contribution in [0.15, 0.2) is 78.9 Å². The normalized spacial score (nSPS) is 14.7. The minimum absolute atomic E-state index is 0.149. The van der Waals surface area contributed by atoms with E-state index in [4.69, 9.17) is 0 Å². The van der Waals surface area contributed by atoms with Gasteiger partial charge in [0.15, 0.2) is 0 Å². The van der Waals surface area contributed by atoms with Gasteiger partial charge in [-0.2, -0.15) is 17.4 Å². The van der Waals surface area contributed by atoms with Gasteiger partial charge in [0, 0.05) is 55.1 Å². The number of nitrogens with one attached hydrogen (secondary N) is 2. The number of hydrogen-bond acceptors (Lipinski definition) is 5. The number of nitrogens with zero attached hydrogens (tertiary/aromatic N) is 2. The summed E-state index contributed by atoms with van der Waals surface area (Å²) in [6, 6.07) is 24.0. The van der Waals surface area contributed by atoms with Crippen LogP contribution < -0.4 is 14.9 Å². The Morgan fingerprint density at radius 3 is 2.29 bits per heavy atom. The second-order valence-electron chi connectivity index (χ2n) is 8.98. The molecule has 0 radical (unpaired) electrons. The first-order chi connectivity index (χ1) is 18.3. The van der Waals surface area contributed by atoms with Gasteiger partial charge in [0.1, 0.15) is 6.29 Å². The third-order valence-electron chi connectivity index (χ3n) is 6.12. The third kappa shape index (κ3) is 7.29. The fraction of sp³-hybridized carbons (Fsp3) is 0.241. The van der Waals surface area contributed by atoms with E-state index in [1.54, 1.807) is 12.1 Å². The molecule has 0 aromatic heterocycles. The van der Waals surface area contributed by atoms with Gasteiger partial charge in [-0.1, -0.05) is 48.2 Å². The van der Waals surface area contributed by atoms with Gasteiger partial charge in [-0.25, -0.2) is 0 Å². The van der Waals surface area contributed by atoms with Gasteiger partial charge in [-0.05, 0) is 55.0 Å². The summed E-state index contributed by atoms with van der Waals surface area (Å²) in [6.45, 7) is 3.71. The van der Waals surface area contributed by atoms with Crippen molar-refractivity contribution in [2.45, 2.75) is 19.5 Å². The maximum Gasteiger partial charge on any atom is 0.280 e. The summed E-state index contributed by atoms with van der Waals surface area (Å²) >= 11 is 0. The molecule has 1 aliphatic rings. The maximum absolute atomic E-state index is 12.6. The summed E-state index contributed by atoms with van der Waals surface area (Å²) in [7, 11) is -3.68. The smallest absolute Gasteiger partial charge is 0.280 e. The molecule has 1 amide bonds. The van der Waals surface area contributed by atoms with Crippen molar-refractivity contribution >= 4 is 28.1 Å². The molecule has 1 saturated heterocycles. The Bertz CT molecular complexity index is 1420. The lowest BCUT2D eigenvalue weighted by atomic mass is 10.1. The van der Waals surface area contributed by atoms with Crippen molar-refractivity contribution in [2.24, 2.45) is 0 Å². The number of carbonyl (C=O) groups excluding carboxylic acids is 2. The molecule has 4 rings (SSSR count). The zero-order valence-corrected chi connectivity index (χ0v) is 21.9. The van der Waals surface area contributed by atoms with E-state index in [1.165, 1.54) is 11.2 Å². The Balaban J connectivity index is 1.33. The standard InChI is InChI=1S/C29H30N4O4S/c1-23(22-34)31-38(36,37)33-18-16-32(17-19-33)28-14-12-24(13-15-28)10-11-25-8-5-9-27(20-25)29(35)30-21-26-6-3-2-4-7-26/h2-9,12-15,20,22-23,31H,16-19,21H2,1H3,(H,30,35)/t23-/m1/s1. The first-order valence-electron chi connectivity index (χ1n) is 12.4. The fourth-order valence-electron chi connectivity index (χ4n) is 4.04. The minimum atomic E-state index is -3.68. The van der Waals surface area contributed by atoms with Gasteiger partial charge >= 0.3 is 0 Å². The summed E-state index contributed by atoms with van der Waals surface area (Å²) in [5, 5.41) is 2.93. The van der Waals surface area contributed by atoms with Crippen LogP contribution in [0.1, 0.15) is 34.0 Å². The quantitative estimate of drug-likeness (QED) is 0.345. The van der Waals surface area contributed by atoms with Gasteiger partial charge in [0.25, 0.3) is 16.1 Å². The zero-order valence-electron chi connectivity index (χ0n) is 21.1. The number of rotatable bonds is 8. The number of amides is 1. The Kier molecular flexibility index (Phi) is 8.92. The lowest BCUT2D eigenvalue weighted by Crippen LogP contribution is -2.53. The first-order valence-corrected chi connectivity index (χ1v) is 13.8. The van der Waals surface area contributed by atoms with Crippen molar-refractivity contribution < 1.29 is 18.0 Å². The molecule has 0 aliphatic carbocycles. The van der Waals surface area contributed by atoms with Crippen molar-refractivity contribution in [3.8, 4) is 11.8 Å². The molecular weight excluding hydrogens is 500 g/mol. The highest BCUT2D eigenvalue weighted by atomic mass is 32.2. The summed E-state index contributed by atoms with van der Waals surface area (Å²) < 4.78 is 28.5. The molecule has 2 N–H and O–H groups in total. The van der Waals surface area contributed by atoms with Crippen LogP contribution in [0.3, 0.4) is 0 Å². The monoisotopic (exact) mass is 530 g/mol. The number of piperazine rings is 1. The molecule has 8 nitrogen and oxygen atoms in total. The SMILES string of the molecule is C[C@H](C=O)NS(=O)(=O)N1CCN(c2ccc(C#Cc3cccc(C(=O)NCc4ccccc4)c3)cc2)CC1. The average molecular weight is 531 g/mol. The minimum Gasteiger partial charge on any atom is -0.369 e. The van der Waals surface area contributed by atoms with E-state index in [0.717, 1.165) is 22.4 Å². The second kappa shape index (κ2) is 12.5. The van der Waals surface area contributed by atoms with Crippen LogP contribution >= 0.6 is 0 Å². The van der Waals surface area contributed by atoms with Crippen LogP contribution in [-0.2, 0) is 21.5 Å². The molecule has 0 bridgehead atoms. The largest absolute Gasteiger partial charge is 0.369 e. The topological polar surface area (TPSA) is 98.8 Å². The van der Waals surface area contributed by atoms with Crippen LogP contribution in [0.5, 0.6) is 0 Å². The van der Waals surface area contributed by atoms with Gasteiger partial charge in [0.05, 0.1) is 6.04 Å².